The highest BCUT2D eigenvalue weighted by Crippen LogP contribution is 2.36. The summed E-state index contributed by atoms with van der Waals surface area (Å²) >= 11 is 0. The second-order valence-electron chi connectivity index (χ2n) is 8.12. The molecule has 3 aliphatic rings. The van der Waals surface area contributed by atoms with Crippen molar-refractivity contribution in [3.63, 3.8) is 0 Å². The van der Waals surface area contributed by atoms with Crippen LogP contribution in [0.4, 0.5) is 8.78 Å². The molecule has 2 N–H and O–H groups in total. The van der Waals surface area contributed by atoms with Gasteiger partial charge in [-0.2, -0.15) is 5.10 Å². The summed E-state index contributed by atoms with van der Waals surface area (Å²) in [6.07, 6.45) is 4.68. The lowest BCUT2D eigenvalue weighted by Gasteiger charge is -2.38. The number of nitrogens with zero attached hydrogens (tertiary/aromatic N) is 3. The third-order valence-electron chi connectivity index (χ3n) is 6.07. The third-order valence-corrected chi connectivity index (χ3v) is 6.07. The van der Waals surface area contributed by atoms with E-state index in [1.165, 1.54) is 30.2 Å². The summed E-state index contributed by atoms with van der Waals surface area (Å²) in [5, 5.41) is 4.54. The standard InChI is InChI=1S/C20H24F2N4O/c21-14-3-4-17(22)16(5-14)20-18(23)6-15(11-27-20)25-9-13-7-24-26(19(13)10-25)8-12-1-2-12/h3-5,7,12,15,18,20H,1-2,6,8-11,23H2/t15-,18+,20?/m1/s1. The van der Waals surface area contributed by atoms with Crippen LogP contribution in [0.1, 0.15) is 42.2 Å². The van der Waals surface area contributed by atoms with Gasteiger partial charge in [-0.05, 0) is 43.4 Å². The molecule has 5 nitrogen and oxygen atoms in total. The summed E-state index contributed by atoms with van der Waals surface area (Å²) in [5.41, 5.74) is 9.11. The number of rotatable bonds is 4. The fourth-order valence-electron chi connectivity index (χ4n) is 4.34. The number of halogens is 2. The molecule has 7 heteroatoms. The highest BCUT2D eigenvalue weighted by atomic mass is 19.1. The molecular formula is C20H24F2N4O. The van der Waals surface area contributed by atoms with Gasteiger partial charge in [-0.1, -0.05) is 0 Å². The van der Waals surface area contributed by atoms with Crippen molar-refractivity contribution < 1.29 is 13.5 Å². The van der Waals surface area contributed by atoms with E-state index in [0.717, 1.165) is 37.7 Å². The van der Waals surface area contributed by atoms with E-state index in [0.29, 0.717) is 13.0 Å². The van der Waals surface area contributed by atoms with Crippen LogP contribution in [-0.2, 0) is 24.4 Å². The summed E-state index contributed by atoms with van der Waals surface area (Å²) in [6, 6.07) is 3.25. The quantitative estimate of drug-likeness (QED) is 0.894. The van der Waals surface area contributed by atoms with Crippen molar-refractivity contribution in [1.82, 2.24) is 14.7 Å². The molecule has 0 bridgehead atoms. The molecule has 5 rings (SSSR count). The fraction of sp³-hybridized carbons (Fsp3) is 0.550. The SMILES string of the molecule is N[C@H]1C[C@@H](N2Cc3cnn(CC4CC4)c3C2)COC1c1cc(F)ccc1F. The first-order valence-corrected chi connectivity index (χ1v) is 9.68. The van der Waals surface area contributed by atoms with E-state index in [-0.39, 0.29) is 17.6 Å². The zero-order chi connectivity index (χ0) is 18.5. The first kappa shape index (κ1) is 17.3. The average molecular weight is 374 g/mol. The monoisotopic (exact) mass is 374 g/mol. The lowest BCUT2D eigenvalue weighted by molar-refractivity contribution is -0.0534. The lowest BCUT2D eigenvalue weighted by Crippen LogP contribution is -2.47. The van der Waals surface area contributed by atoms with Gasteiger partial charge in [0.1, 0.15) is 17.7 Å². The molecule has 3 atom stereocenters. The number of hydrogen-bond donors (Lipinski definition) is 1. The smallest absolute Gasteiger partial charge is 0.129 e. The van der Waals surface area contributed by atoms with Crippen LogP contribution in [0.2, 0.25) is 0 Å². The van der Waals surface area contributed by atoms with Crippen molar-refractivity contribution in [3.8, 4) is 0 Å². The predicted octanol–water partition coefficient (Wildman–Crippen LogP) is 2.74. The Labute approximate surface area is 157 Å². The fourth-order valence-corrected chi connectivity index (χ4v) is 4.34. The molecule has 144 valence electrons. The largest absolute Gasteiger partial charge is 0.370 e. The summed E-state index contributed by atoms with van der Waals surface area (Å²) in [5.74, 6) is -0.153. The van der Waals surface area contributed by atoms with Crippen LogP contribution in [0.25, 0.3) is 0 Å². The highest BCUT2D eigenvalue weighted by Gasteiger charge is 2.37. The molecule has 0 spiro atoms. The summed E-state index contributed by atoms with van der Waals surface area (Å²) in [4.78, 5) is 2.37. The van der Waals surface area contributed by atoms with Gasteiger partial charge >= 0.3 is 0 Å². The highest BCUT2D eigenvalue weighted by molar-refractivity contribution is 5.25. The molecule has 1 saturated carbocycles. The molecule has 27 heavy (non-hydrogen) atoms. The molecule has 1 aliphatic carbocycles. The van der Waals surface area contributed by atoms with Crippen molar-refractivity contribution in [2.45, 2.75) is 57.1 Å². The van der Waals surface area contributed by atoms with Gasteiger partial charge < -0.3 is 10.5 Å². The number of benzene rings is 1. The van der Waals surface area contributed by atoms with E-state index in [4.69, 9.17) is 10.5 Å². The van der Waals surface area contributed by atoms with E-state index in [1.807, 2.05) is 6.20 Å². The van der Waals surface area contributed by atoms with Gasteiger partial charge in [0, 0.05) is 42.8 Å². The molecule has 1 aromatic heterocycles. The second kappa shape index (κ2) is 6.65. The number of hydrogen-bond acceptors (Lipinski definition) is 4. The average Bonchev–Trinajstić information content (AvgIpc) is 3.24. The van der Waals surface area contributed by atoms with Crippen LogP contribution in [-0.4, -0.2) is 33.4 Å². The maximum Gasteiger partial charge on any atom is 0.129 e. The van der Waals surface area contributed by atoms with Gasteiger partial charge in [0.25, 0.3) is 0 Å². The Bertz CT molecular complexity index is 851. The van der Waals surface area contributed by atoms with E-state index < -0.39 is 17.7 Å². The van der Waals surface area contributed by atoms with Gasteiger partial charge in [-0.15, -0.1) is 0 Å². The number of nitrogens with two attached hydrogens (primary N) is 1. The van der Waals surface area contributed by atoms with Crippen molar-refractivity contribution in [2.75, 3.05) is 6.61 Å². The number of fused-ring (bicyclic) bond motifs is 1. The van der Waals surface area contributed by atoms with Crippen LogP contribution >= 0.6 is 0 Å². The summed E-state index contributed by atoms with van der Waals surface area (Å²) in [6.45, 7) is 3.18. The molecule has 2 aromatic rings. The Morgan fingerprint density at radius 1 is 1.22 bits per heavy atom. The molecule has 2 fully saturated rings. The maximum absolute atomic E-state index is 14.1. The Morgan fingerprint density at radius 2 is 2.07 bits per heavy atom. The first-order valence-electron chi connectivity index (χ1n) is 9.68. The minimum atomic E-state index is -0.604. The minimum absolute atomic E-state index is 0.176. The van der Waals surface area contributed by atoms with Crippen LogP contribution in [0.15, 0.2) is 24.4 Å². The summed E-state index contributed by atoms with van der Waals surface area (Å²) in [7, 11) is 0. The summed E-state index contributed by atoms with van der Waals surface area (Å²) < 4.78 is 35.7. The molecule has 0 amide bonds. The topological polar surface area (TPSA) is 56.3 Å². The second-order valence-corrected chi connectivity index (χ2v) is 8.12. The van der Waals surface area contributed by atoms with Gasteiger partial charge in [-0.3, -0.25) is 9.58 Å². The lowest BCUT2D eigenvalue weighted by atomic mass is 9.93. The van der Waals surface area contributed by atoms with Crippen molar-refractivity contribution in [2.24, 2.45) is 11.7 Å². The molecular weight excluding hydrogens is 350 g/mol. The minimum Gasteiger partial charge on any atom is -0.370 e. The molecule has 2 aliphatic heterocycles. The number of ether oxygens (including phenoxy) is 1. The van der Waals surface area contributed by atoms with E-state index in [1.54, 1.807) is 0 Å². The van der Waals surface area contributed by atoms with Gasteiger partial charge in [0.15, 0.2) is 0 Å². The van der Waals surface area contributed by atoms with E-state index in [9.17, 15) is 8.78 Å². The molecule has 1 unspecified atom stereocenters. The van der Waals surface area contributed by atoms with Crippen LogP contribution in [0.3, 0.4) is 0 Å². The van der Waals surface area contributed by atoms with Crippen LogP contribution in [0, 0.1) is 17.6 Å². The molecule has 1 aromatic carbocycles. The predicted molar refractivity (Wildman–Crippen MR) is 95.6 cm³/mol. The first-order chi connectivity index (χ1) is 13.1. The Balaban J connectivity index is 1.26. The van der Waals surface area contributed by atoms with Crippen molar-refractivity contribution in [3.05, 3.63) is 52.9 Å². The Hall–Kier alpha value is -1.83. The number of aromatic nitrogens is 2. The van der Waals surface area contributed by atoms with Crippen LogP contribution in [0.5, 0.6) is 0 Å². The Morgan fingerprint density at radius 3 is 2.85 bits per heavy atom. The molecule has 0 radical (unpaired) electrons. The van der Waals surface area contributed by atoms with E-state index >= 15 is 0 Å². The van der Waals surface area contributed by atoms with Crippen molar-refractivity contribution >= 4 is 0 Å². The zero-order valence-electron chi connectivity index (χ0n) is 15.2. The van der Waals surface area contributed by atoms with Gasteiger partial charge in [0.05, 0.1) is 18.5 Å². The normalized spacial score (nSPS) is 28.5. The van der Waals surface area contributed by atoms with Crippen LogP contribution < -0.4 is 5.73 Å². The van der Waals surface area contributed by atoms with Crippen molar-refractivity contribution in [1.29, 1.82) is 0 Å². The van der Waals surface area contributed by atoms with Gasteiger partial charge in [-0.25, -0.2) is 8.78 Å². The van der Waals surface area contributed by atoms with E-state index in [2.05, 4.69) is 14.7 Å². The maximum atomic E-state index is 14.1. The molecule has 3 heterocycles. The Kier molecular flexibility index (Phi) is 4.26. The van der Waals surface area contributed by atoms with Gasteiger partial charge in [0.2, 0.25) is 0 Å². The molecule has 1 saturated heterocycles. The third kappa shape index (κ3) is 3.28. The zero-order valence-corrected chi connectivity index (χ0v) is 15.2.